The molecule has 0 fully saturated rings. The van der Waals surface area contributed by atoms with E-state index in [1.165, 1.54) is 36.3 Å². The molecule has 4 amide bonds. The van der Waals surface area contributed by atoms with E-state index in [9.17, 15) is 43.2 Å². The molecule has 0 saturated heterocycles. The van der Waals surface area contributed by atoms with Crippen molar-refractivity contribution in [2.45, 2.75) is 78.6 Å². The number of ether oxygens (including phenoxy) is 3. The van der Waals surface area contributed by atoms with Crippen molar-refractivity contribution in [3.05, 3.63) is 48.9 Å². The van der Waals surface area contributed by atoms with Gasteiger partial charge in [-0.15, -0.1) is 0 Å². The Labute approximate surface area is 381 Å². The van der Waals surface area contributed by atoms with E-state index in [1.54, 1.807) is 6.92 Å². The van der Waals surface area contributed by atoms with Crippen molar-refractivity contribution in [3.63, 3.8) is 0 Å². The van der Waals surface area contributed by atoms with Crippen LogP contribution in [0.5, 0.6) is 0 Å². The van der Waals surface area contributed by atoms with Crippen molar-refractivity contribution in [2.24, 2.45) is 5.92 Å². The van der Waals surface area contributed by atoms with Crippen LogP contribution < -0.4 is 0 Å². The van der Waals surface area contributed by atoms with E-state index in [4.69, 9.17) is 68.2 Å². The molecule has 0 aromatic heterocycles. The van der Waals surface area contributed by atoms with E-state index in [-0.39, 0.29) is 86.6 Å². The topological polar surface area (TPSA) is 423 Å². The minimum atomic E-state index is -0.974. The zero-order valence-corrected chi connectivity index (χ0v) is 40.6. The molecular formula is C31H56Cl4N6O17Pt2. The standard InChI is InChI=1S/C15H21NO6.C10H13NO4.C3H6O3.C3H6O2.4ClH.4H2N.H2O2.2Pt/c1-11(2)10-21-15(20)22-14(19)6-4-3-5-9-16-12(17)7-8-13(16)18;12-8-5-6-9(13)11(8)7-3-1-2-4-10(14)15;1-6-2-3(4)5;1-2-3(4)5;;;;;;;;;1-2;;/h7-8,11H,3-6,9-10H2,1-2H3;5-6H,1-4,7H2,(H,14,15);2H2,1H3,(H,4,5);2H2,1H3,(H,4,5);4*1H;4*1H2;1-2H;;/q;;;;;;;;4*-1;;2*+4/p-4. The average Bonchev–Trinajstić information content (AvgIpc) is 3.63. The van der Waals surface area contributed by atoms with Crippen molar-refractivity contribution in [1.82, 2.24) is 9.80 Å². The number of nitrogens with two attached hydrogens (primary N) is 4. The van der Waals surface area contributed by atoms with Crippen LogP contribution >= 0.6 is 37.7 Å². The maximum Gasteiger partial charge on any atom is -0.693 e. The van der Waals surface area contributed by atoms with E-state index in [2.05, 4.69) is 9.47 Å². The Kier molecular flexibility index (Phi) is 73.2. The zero-order chi connectivity index (χ0) is 44.5. The minimum absolute atomic E-state index is 0. The Morgan fingerprint density at radius 1 is 0.633 bits per heavy atom. The molecule has 2 aliphatic rings. The molecule has 0 aromatic carbocycles. The van der Waals surface area contributed by atoms with Gasteiger partial charge in [0, 0.05) is 63.8 Å². The SMILES string of the molecule is CC(C)COC(=O)OC(=O)CCCCCN1C(=O)C=CC1=O.CCC(=O)O.COCC(=O)O.O=C(O)CCCCCN1C(=O)C=CC1=O.OO.[Cl][Pt+2][Cl].[Cl][Pt+2][Cl].[NH2-].[NH2-].[NH2-].[NH2-]. The van der Waals surface area contributed by atoms with Crippen LogP contribution in [0.15, 0.2) is 24.3 Å². The number of imide groups is 2. The summed E-state index contributed by atoms with van der Waals surface area (Å²) in [5, 5.41) is 35.9. The fourth-order valence-corrected chi connectivity index (χ4v) is 3.27. The zero-order valence-electron chi connectivity index (χ0n) is 33.1. The Bertz CT molecular complexity index is 1210. The van der Waals surface area contributed by atoms with Gasteiger partial charge in [-0.25, -0.2) is 9.59 Å². The first-order chi connectivity index (χ1) is 26.4. The fraction of sp³-hybridized carbons (Fsp3) is 0.581. The van der Waals surface area contributed by atoms with Crippen LogP contribution in [0.1, 0.15) is 78.6 Å². The largest absolute Gasteiger partial charge is 0.693 e. The Morgan fingerprint density at radius 2 is 0.967 bits per heavy atom. The predicted molar refractivity (Wildman–Crippen MR) is 216 cm³/mol. The molecular weight excluding hydrogens is 1260 g/mol. The fourth-order valence-electron chi connectivity index (χ4n) is 3.27. The predicted octanol–water partition coefficient (Wildman–Crippen LogP) is 8.20. The van der Waals surface area contributed by atoms with Gasteiger partial charge >= 0.3 is 101 Å². The Morgan fingerprint density at radius 3 is 1.22 bits per heavy atom. The molecule has 0 saturated carbocycles. The molecule has 13 N–H and O–H groups in total. The first kappa shape index (κ1) is 77.9. The van der Waals surface area contributed by atoms with Gasteiger partial charge in [-0.3, -0.25) is 53.9 Å². The third-order valence-corrected chi connectivity index (χ3v) is 5.64. The first-order valence-electron chi connectivity index (χ1n) is 15.8. The summed E-state index contributed by atoms with van der Waals surface area (Å²) >= 11 is -0.944. The van der Waals surface area contributed by atoms with E-state index in [0.717, 1.165) is 4.90 Å². The molecule has 0 atom stereocenters. The number of hydrogen-bond acceptors (Lipinski definition) is 14. The van der Waals surface area contributed by atoms with Crippen molar-refractivity contribution < 1.29 is 116 Å². The van der Waals surface area contributed by atoms with Gasteiger partial charge < -0.3 is 54.1 Å². The number of unbranched alkanes of at least 4 members (excludes halogenated alkanes) is 4. The Balaban J connectivity index is -0.0000000849. The number of esters is 1. The molecule has 0 bridgehead atoms. The number of methoxy groups -OCH3 is 1. The average molecular weight is 1320 g/mol. The van der Waals surface area contributed by atoms with Gasteiger partial charge in [-0.1, -0.05) is 33.6 Å². The molecule has 360 valence electrons. The summed E-state index contributed by atoms with van der Waals surface area (Å²) in [5.41, 5.74) is 0. The maximum atomic E-state index is 11.4. The molecule has 0 radical (unpaired) electrons. The summed E-state index contributed by atoms with van der Waals surface area (Å²) in [7, 11) is 20.8. The van der Waals surface area contributed by atoms with Crippen LogP contribution in [-0.4, -0.2) is 123 Å². The summed E-state index contributed by atoms with van der Waals surface area (Å²) < 4.78 is 13.4. The molecule has 2 rings (SSSR count). The normalized spacial score (nSPS) is 11.1. The molecule has 0 aromatic rings. The van der Waals surface area contributed by atoms with Crippen LogP contribution in [0.3, 0.4) is 0 Å². The number of carbonyl (C=O) groups is 9. The minimum Gasteiger partial charge on any atom is -0.693 e. The smallest absolute Gasteiger partial charge is 0.693 e. The molecule has 0 spiro atoms. The summed E-state index contributed by atoms with van der Waals surface area (Å²) in [4.78, 5) is 98.6. The molecule has 0 unspecified atom stereocenters. The van der Waals surface area contributed by atoms with E-state index in [0.29, 0.717) is 51.6 Å². The number of aliphatic carboxylic acids is 3. The number of amides is 4. The van der Waals surface area contributed by atoms with Crippen molar-refractivity contribution in [2.75, 3.05) is 33.4 Å². The quantitative estimate of drug-likeness (QED) is 0.0229. The van der Waals surface area contributed by atoms with Crippen LogP contribution in [0.2, 0.25) is 0 Å². The number of rotatable bonds is 17. The van der Waals surface area contributed by atoms with Crippen LogP contribution in [0, 0.1) is 5.92 Å². The first-order valence-corrected chi connectivity index (χ1v) is 27.1. The summed E-state index contributed by atoms with van der Waals surface area (Å²) in [6.45, 7) is 6.06. The van der Waals surface area contributed by atoms with E-state index in [1.807, 2.05) is 13.8 Å². The van der Waals surface area contributed by atoms with Gasteiger partial charge in [0.1, 0.15) is 6.61 Å². The second-order valence-corrected chi connectivity index (χ2v) is 17.0. The summed E-state index contributed by atoms with van der Waals surface area (Å²) in [5.74, 6) is -4.13. The van der Waals surface area contributed by atoms with Gasteiger partial charge in [0.15, 0.2) is 0 Å². The summed E-state index contributed by atoms with van der Waals surface area (Å²) in [6, 6.07) is 0. The van der Waals surface area contributed by atoms with E-state index >= 15 is 0 Å². The maximum absolute atomic E-state index is 11.4. The monoisotopic (exact) mass is 1310 g/mol. The van der Waals surface area contributed by atoms with Crippen molar-refractivity contribution in [1.29, 1.82) is 0 Å². The molecule has 60 heavy (non-hydrogen) atoms. The third-order valence-electron chi connectivity index (χ3n) is 5.64. The number of carboxylic acid groups (broad SMARTS) is 3. The third kappa shape index (κ3) is 57.5. The van der Waals surface area contributed by atoms with Crippen molar-refractivity contribution >= 4 is 91.3 Å². The molecule has 23 nitrogen and oxygen atoms in total. The number of carboxylic acids is 3. The van der Waals surface area contributed by atoms with Crippen LogP contribution in [-0.2, 0) is 85.5 Å². The molecule has 0 aliphatic carbocycles. The van der Waals surface area contributed by atoms with Gasteiger partial charge in [0.25, 0.3) is 23.6 Å². The van der Waals surface area contributed by atoms with Crippen LogP contribution in [0.25, 0.3) is 24.6 Å². The van der Waals surface area contributed by atoms with Gasteiger partial charge in [0.05, 0.1) is 6.61 Å². The molecule has 29 heteroatoms. The van der Waals surface area contributed by atoms with Crippen LogP contribution in [0.4, 0.5) is 4.79 Å². The van der Waals surface area contributed by atoms with Gasteiger partial charge in [-0.05, 0) is 31.6 Å². The molecule has 2 heterocycles. The van der Waals surface area contributed by atoms with Gasteiger partial charge in [-0.2, -0.15) is 0 Å². The van der Waals surface area contributed by atoms with Crippen molar-refractivity contribution in [3.8, 4) is 0 Å². The molecule has 2 aliphatic heterocycles. The summed E-state index contributed by atoms with van der Waals surface area (Å²) in [6.07, 6.45) is 8.17. The van der Waals surface area contributed by atoms with E-state index < -0.39 is 63.0 Å². The second-order valence-electron chi connectivity index (χ2n) is 10.4. The number of halogens is 4. The van der Waals surface area contributed by atoms with Gasteiger partial charge in [0.2, 0.25) is 0 Å². The number of nitrogens with zero attached hydrogens (tertiary/aromatic N) is 2. The number of hydrogen-bond donors (Lipinski definition) is 5. The number of carbonyl (C=O) groups excluding carboxylic acids is 6. The Hall–Kier alpha value is -2.63. The second kappa shape index (κ2) is 56.4.